The number of nitrogen functional groups attached to an aromatic ring is 1. The Morgan fingerprint density at radius 3 is 2.90 bits per heavy atom. The minimum Gasteiger partial charge on any atom is -0.399 e. The molecule has 0 spiro atoms. The molecule has 21 heavy (non-hydrogen) atoms. The van der Waals surface area contributed by atoms with Crippen molar-refractivity contribution in [2.24, 2.45) is 5.92 Å². The molecule has 0 aliphatic heterocycles. The number of aryl methyl sites for hydroxylation is 1. The van der Waals surface area contributed by atoms with Gasteiger partial charge in [-0.3, -0.25) is 9.48 Å². The molecule has 1 unspecified atom stereocenters. The molecule has 0 aliphatic rings. The van der Waals surface area contributed by atoms with E-state index in [0.29, 0.717) is 23.7 Å². The van der Waals surface area contributed by atoms with Crippen LogP contribution in [0.4, 0.5) is 5.69 Å². The van der Waals surface area contributed by atoms with E-state index in [1.807, 2.05) is 29.9 Å². The lowest BCUT2D eigenvalue weighted by Gasteiger charge is -2.14. The van der Waals surface area contributed by atoms with Crippen LogP contribution in [0.5, 0.6) is 0 Å². The lowest BCUT2D eigenvalue weighted by molar-refractivity contribution is 0.0946. The van der Waals surface area contributed by atoms with Crippen molar-refractivity contribution in [1.29, 1.82) is 0 Å². The van der Waals surface area contributed by atoms with Crippen LogP contribution in [0.15, 0.2) is 36.7 Å². The molecule has 0 radical (unpaired) electrons. The monoisotopic (exact) mass is 308 g/mol. The Bertz CT molecular complexity index is 583. The smallest absolute Gasteiger partial charge is 0.251 e. The quantitative estimate of drug-likeness (QED) is 0.832. The number of hydrogen-bond acceptors (Lipinski definition) is 3. The van der Waals surface area contributed by atoms with Gasteiger partial charge in [0.1, 0.15) is 0 Å². The fourth-order valence-corrected chi connectivity index (χ4v) is 2.04. The first-order chi connectivity index (χ1) is 9.56. The maximum atomic E-state index is 12.1. The molecule has 0 saturated carbocycles. The first kappa shape index (κ1) is 17.0. The average molecular weight is 309 g/mol. The Kier molecular flexibility index (Phi) is 6.24. The van der Waals surface area contributed by atoms with Crippen molar-refractivity contribution in [1.82, 2.24) is 15.1 Å². The molecular weight excluding hydrogens is 288 g/mol. The van der Waals surface area contributed by atoms with Gasteiger partial charge < -0.3 is 11.1 Å². The highest BCUT2D eigenvalue weighted by molar-refractivity contribution is 5.96. The van der Waals surface area contributed by atoms with Crippen LogP contribution in [-0.4, -0.2) is 22.2 Å². The first-order valence-corrected chi connectivity index (χ1v) is 6.68. The van der Waals surface area contributed by atoms with Crippen LogP contribution in [0.2, 0.25) is 0 Å². The number of aromatic nitrogens is 2. The maximum absolute atomic E-state index is 12.1. The van der Waals surface area contributed by atoms with E-state index in [-0.39, 0.29) is 18.3 Å². The summed E-state index contributed by atoms with van der Waals surface area (Å²) in [5, 5.41) is 7.10. The van der Waals surface area contributed by atoms with Gasteiger partial charge in [-0.1, -0.05) is 13.0 Å². The molecule has 3 N–H and O–H groups in total. The summed E-state index contributed by atoms with van der Waals surface area (Å²) in [7, 11) is 0. The summed E-state index contributed by atoms with van der Waals surface area (Å²) < 4.78 is 1.86. The van der Waals surface area contributed by atoms with E-state index in [4.69, 9.17) is 5.73 Å². The van der Waals surface area contributed by atoms with Gasteiger partial charge in [-0.05, 0) is 36.6 Å². The number of nitrogens with two attached hydrogens (primary N) is 1. The number of halogens is 1. The molecule has 1 aromatic heterocycles. The second kappa shape index (κ2) is 7.69. The number of carbonyl (C=O) groups is 1. The number of anilines is 1. The zero-order valence-electron chi connectivity index (χ0n) is 12.2. The molecule has 6 heteroatoms. The van der Waals surface area contributed by atoms with Crippen molar-refractivity contribution in [2.45, 2.75) is 20.4 Å². The van der Waals surface area contributed by atoms with Crippen LogP contribution < -0.4 is 11.1 Å². The van der Waals surface area contributed by atoms with Crippen LogP contribution >= 0.6 is 12.4 Å². The van der Waals surface area contributed by atoms with E-state index in [1.54, 1.807) is 18.3 Å². The fourth-order valence-electron chi connectivity index (χ4n) is 2.04. The number of benzene rings is 1. The molecule has 2 aromatic rings. The van der Waals surface area contributed by atoms with Gasteiger partial charge in [0.05, 0.1) is 0 Å². The predicted octanol–water partition coefficient (Wildman–Crippen LogP) is 2.26. The highest BCUT2D eigenvalue weighted by Gasteiger charge is 2.11. The fraction of sp³-hybridized carbons (Fsp3) is 0.333. The second-order valence-corrected chi connectivity index (χ2v) is 5.12. The van der Waals surface area contributed by atoms with E-state index in [0.717, 1.165) is 12.1 Å². The summed E-state index contributed by atoms with van der Waals surface area (Å²) in [4.78, 5) is 12.1. The Labute approximate surface area is 130 Å². The van der Waals surface area contributed by atoms with Gasteiger partial charge in [0.15, 0.2) is 0 Å². The number of nitrogens with one attached hydrogen (secondary N) is 1. The standard InChI is InChI=1S/C15H20N4O.ClH/c1-11(10-19-7-3-6-18-19)9-17-15(20)14-8-13(16)5-4-12(14)2;/h3-8,11H,9-10,16H2,1-2H3,(H,17,20);1H. The first-order valence-electron chi connectivity index (χ1n) is 6.68. The summed E-state index contributed by atoms with van der Waals surface area (Å²) in [5.74, 6) is 0.224. The molecule has 0 saturated heterocycles. The third-order valence-electron chi connectivity index (χ3n) is 3.18. The summed E-state index contributed by atoms with van der Waals surface area (Å²) in [5.41, 5.74) is 7.88. The van der Waals surface area contributed by atoms with Crippen LogP contribution in [0.25, 0.3) is 0 Å². The van der Waals surface area contributed by atoms with Gasteiger partial charge in [-0.25, -0.2) is 0 Å². The SMILES string of the molecule is Cc1ccc(N)cc1C(=O)NCC(C)Cn1cccn1.Cl. The second-order valence-electron chi connectivity index (χ2n) is 5.12. The van der Waals surface area contributed by atoms with Crippen molar-refractivity contribution in [3.05, 3.63) is 47.8 Å². The molecular formula is C15H21ClN4O. The van der Waals surface area contributed by atoms with Gasteiger partial charge in [-0.2, -0.15) is 5.10 Å². The van der Waals surface area contributed by atoms with Crippen molar-refractivity contribution >= 4 is 24.0 Å². The minimum atomic E-state index is -0.0814. The summed E-state index contributed by atoms with van der Waals surface area (Å²) in [6, 6.07) is 7.26. The molecule has 0 aliphatic carbocycles. The van der Waals surface area contributed by atoms with E-state index in [1.165, 1.54) is 0 Å². The van der Waals surface area contributed by atoms with E-state index in [2.05, 4.69) is 17.3 Å². The molecule has 1 heterocycles. The third kappa shape index (κ3) is 4.79. The molecule has 1 atom stereocenters. The summed E-state index contributed by atoms with van der Waals surface area (Å²) in [6.07, 6.45) is 3.67. The van der Waals surface area contributed by atoms with Crippen molar-refractivity contribution in [3.8, 4) is 0 Å². The Hall–Kier alpha value is -2.01. The zero-order valence-corrected chi connectivity index (χ0v) is 13.1. The van der Waals surface area contributed by atoms with E-state index in [9.17, 15) is 4.79 Å². The lowest BCUT2D eigenvalue weighted by Crippen LogP contribution is -2.30. The predicted molar refractivity (Wildman–Crippen MR) is 86.6 cm³/mol. The molecule has 0 bridgehead atoms. The Morgan fingerprint density at radius 1 is 1.48 bits per heavy atom. The largest absolute Gasteiger partial charge is 0.399 e. The van der Waals surface area contributed by atoms with Crippen LogP contribution in [0.1, 0.15) is 22.8 Å². The molecule has 1 aromatic carbocycles. The van der Waals surface area contributed by atoms with E-state index >= 15 is 0 Å². The number of hydrogen-bond donors (Lipinski definition) is 2. The molecule has 114 valence electrons. The number of amides is 1. The number of rotatable bonds is 5. The van der Waals surface area contributed by atoms with Gasteiger partial charge in [0, 0.05) is 36.7 Å². The topological polar surface area (TPSA) is 72.9 Å². The number of carbonyl (C=O) groups excluding carboxylic acids is 1. The lowest BCUT2D eigenvalue weighted by atomic mass is 10.1. The van der Waals surface area contributed by atoms with Gasteiger partial charge >= 0.3 is 0 Å². The van der Waals surface area contributed by atoms with E-state index < -0.39 is 0 Å². The van der Waals surface area contributed by atoms with Crippen LogP contribution in [0, 0.1) is 12.8 Å². The van der Waals surface area contributed by atoms with Crippen molar-refractivity contribution in [2.75, 3.05) is 12.3 Å². The third-order valence-corrected chi connectivity index (χ3v) is 3.18. The molecule has 5 nitrogen and oxygen atoms in total. The van der Waals surface area contributed by atoms with Crippen molar-refractivity contribution < 1.29 is 4.79 Å². The number of nitrogens with zero attached hydrogens (tertiary/aromatic N) is 2. The van der Waals surface area contributed by atoms with Gasteiger partial charge in [-0.15, -0.1) is 12.4 Å². The molecule has 0 fully saturated rings. The van der Waals surface area contributed by atoms with Crippen LogP contribution in [0.3, 0.4) is 0 Å². The normalized spacial score (nSPS) is 11.5. The van der Waals surface area contributed by atoms with Crippen LogP contribution in [-0.2, 0) is 6.54 Å². The van der Waals surface area contributed by atoms with Gasteiger partial charge in [0.25, 0.3) is 5.91 Å². The highest BCUT2D eigenvalue weighted by Crippen LogP contribution is 2.12. The maximum Gasteiger partial charge on any atom is 0.251 e. The van der Waals surface area contributed by atoms with Crippen molar-refractivity contribution in [3.63, 3.8) is 0 Å². The highest BCUT2D eigenvalue weighted by atomic mass is 35.5. The summed E-state index contributed by atoms with van der Waals surface area (Å²) in [6.45, 7) is 5.37. The minimum absolute atomic E-state index is 0. The Morgan fingerprint density at radius 2 is 2.24 bits per heavy atom. The molecule has 1 amide bonds. The Balaban J connectivity index is 0.00000220. The zero-order chi connectivity index (χ0) is 14.5. The summed E-state index contributed by atoms with van der Waals surface area (Å²) >= 11 is 0. The van der Waals surface area contributed by atoms with Gasteiger partial charge in [0.2, 0.25) is 0 Å². The molecule has 2 rings (SSSR count). The average Bonchev–Trinajstić information content (AvgIpc) is 2.91.